The lowest BCUT2D eigenvalue weighted by Gasteiger charge is -2.15. The second-order valence-corrected chi connectivity index (χ2v) is 7.32. The average Bonchev–Trinajstić information content (AvgIpc) is 2.83. The van der Waals surface area contributed by atoms with Crippen molar-refractivity contribution in [2.75, 3.05) is 38.4 Å². The van der Waals surface area contributed by atoms with Crippen molar-refractivity contribution in [3.05, 3.63) is 35.3 Å². The van der Waals surface area contributed by atoms with Gasteiger partial charge >= 0.3 is 5.97 Å². The highest BCUT2D eigenvalue weighted by Crippen LogP contribution is 2.27. The number of anilines is 1. The third kappa shape index (κ3) is 3.97. The first kappa shape index (κ1) is 18.9. The summed E-state index contributed by atoms with van der Waals surface area (Å²) < 4.78 is 41.9. The van der Waals surface area contributed by atoms with Crippen LogP contribution in [0.15, 0.2) is 34.4 Å². The molecule has 1 aromatic carbocycles. The number of esters is 1. The molecule has 0 aromatic heterocycles. The van der Waals surface area contributed by atoms with Crippen LogP contribution in [0.5, 0.6) is 0 Å². The van der Waals surface area contributed by atoms with Gasteiger partial charge < -0.3 is 20.1 Å². The summed E-state index contributed by atoms with van der Waals surface area (Å²) in [4.78, 5) is 25.3. The van der Waals surface area contributed by atoms with Gasteiger partial charge in [0.25, 0.3) is 5.91 Å². The molecule has 0 radical (unpaired) electrons. The highest BCUT2D eigenvalue weighted by atomic mass is 32.2. The number of aliphatic hydroxyl groups excluding tert-OH is 1. The molecule has 0 saturated heterocycles. The number of rotatable bonds is 6. The van der Waals surface area contributed by atoms with E-state index in [2.05, 4.69) is 10.1 Å². The second kappa shape index (κ2) is 7.19. The minimum atomic E-state index is -3.71. The number of amides is 1. The lowest BCUT2D eigenvalue weighted by molar-refractivity contribution is -0.136. The van der Waals surface area contributed by atoms with Crippen molar-refractivity contribution in [3.63, 3.8) is 0 Å². The van der Waals surface area contributed by atoms with Crippen molar-refractivity contribution in [3.8, 4) is 0 Å². The van der Waals surface area contributed by atoms with Crippen molar-refractivity contribution in [1.29, 1.82) is 0 Å². The number of benzene rings is 1. The number of β-amino-alcohol motifs (C(OH)–C–C–N with tert-alkyl or cyclic N) is 1. The summed E-state index contributed by atoms with van der Waals surface area (Å²) in [5, 5.41) is 11.6. The Kier molecular flexibility index (Phi) is 5.43. The lowest BCUT2D eigenvalue weighted by Crippen LogP contribution is -2.31. The van der Waals surface area contributed by atoms with E-state index in [9.17, 15) is 22.4 Å². The number of aliphatic hydroxyl groups is 1. The number of nitrogens with one attached hydrogen (secondary N) is 1. The molecule has 0 unspecified atom stereocenters. The SMILES string of the molecule is COC(=O)C1=C(Nc2cc(F)ccc2S(C)(=O)=O)C(=O)N(CCO)C1. The van der Waals surface area contributed by atoms with Crippen LogP contribution in [0.25, 0.3) is 0 Å². The Hall–Kier alpha value is -2.46. The minimum absolute atomic E-state index is 0.0212. The van der Waals surface area contributed by atoms with Gasteiger partial charge in [0, 0.05) is 12.8 Å². The number of hydrogen-bond donors (Lipinski definition) is 2. The molecule has 0 atom stereocenters. The molecule has 1 aliphatic heterocycles. The van der Waals surface area contributed by atoms with Crippen LogP contribution in [0.3, 0.4) is 0 Å². The maximum atomic E-state index is 13.6. The third-order valence-electron chi connectivity index (χ3n) is 3.55. The fourth-order valence-corrected chi connectivity index (χ4v) is 3.23. The number of halogens is 1. The van der Waals surface area contributed by atoms with Crippen LogP contribution in [-0.4, -0.2) is 63.4 Å². The summed E-state index contributed by atoms with van der Waals surface area (Å²) in [5.41, 5.74) is -0.418. The highest BCUT2D eigenvalue weighted by Gasteiger charge is 2.35. The molecule has 1 heterocycles. The van der Waals surface area contributed by atoms with E-state index in [0.717, 1.165) is 31.6 Å². The van der Waals surface area contributed by atoms with Gasteiger partial charge in [-0.05, 0) is 18.2 Å². The van der Waals surface area contributed by atoms with E-state index < -0.39 is 27.5 Å². The summed E-state index contributed by atoms with van der Waals surface area (Å²) in [6, 6.07) is 2.96. The molecule has 136 valence electrons. The van der Waals surface area contributed by atoms with E-state index >= 15 is 0 Å². The fourth-order valence-electron chi connectivity index (χ4n) is 2.41. The summed E-state index contributed by atoms with van der Waals surface area (Å²) in [6.45, 7) is -0.452. The zero-order valence-electron chi connectivity index (χ0n) is 13.6. The van der Waals surface area contributed by atoms with Gasteiger partial charge in [0.1, 0.15) is 11.5 Å². The molecule has 0 aliphatic carbocycles. The van der Waals surface area contributed by atoms with E-state index in [-0.39, 0.29) is 41.5 Å². The zero-order valence-corrected chi connectivity index (χ0v) is 14.4. The Labute approximate surface area is 143 Å². The summed E-state index contributed by atoms with van der Waals surface area (Å²) in [6.07, 6.45) is 0.940. The summed E-state index contributed by atoms with van der Waals surface area (Å²) in [5.74, 6) is -2.13. The molecule has 0 bridgehead atoms. The number of hydrogen-bond acceptors (Lipinski definition) is 7. The molecule has 0 saturated carbocycles. The van der Waals surface area contributed by atoms with Gasteiger partial charge in [0.05, 0.1) is 36.4 Å². The van der Waals surface area contributed by atoms with Crippen molar-refractivity contribution in [1.82, 2.24) is 4.90 Å². The number of methoxy groups -OCH3 is 1. The number of ether oxygens (including phenoxy) is 1. The minimum Gasteiger partial charge on any atom is -0.466 e. The van der Waals surface area contributed by atoms with E-state index in [4.69, 9.17) is 5.11 Å². The Morgan fingerprint density at radius 1 is 1.44 bits per heavy atom. The first-order chi connectivity index (χ1) is 11.7. The van der Waals surface area contributed by atoms with Gasteiger partial charge in [0.15, 0.2) is 9.84 Å². The van der Waals surface area contributed by atoms with Crippen LogP contribution in [0.4, 0.5) is 10.1 Å². The van der Waals surface area contributed by atoms with Crippen LogP contribution in [0, 0.1) is 5.82 Å². The predicted octanol–water partition coefficient (Wildman–Crippen LogP) is -0.0973. The van der Waals surface area contributed by atoms with E-state index in [0.29, 0.717) is 0 Å². The van der Waals surface area contributed by atoms with Crippen molar-refractivity contribution >= 4 is 27.4 Å². The van der Waals surface area contributed by atoms with Crippen LogP contribution >= 0.6 is 0 Å². The molecule has 0 fully saturated rings. The molecule has 0 spiro atoms. The van der Waals surface area contributed by atoms with Gasteiger partial charge in [0.2, 0.25) is 0 Å². The molecule has 1 amide bonds. The van der Waals surface area contributed by atoms with E-state index in [1.807, 2.05) is 0 Å². The van der Waals surface area contributed by atoms with Gasteiger partial charge in [-0.15, -0.1) is 0 Å². The summed E-state index contributed by atoms with van der Waals surface area (Å²) >= 11 is 0. The quantitative estimate of drug-likeness (QED) is 0.530. The molecule has 10 heteroatoms. The topological polar surface area (TPSA) is 113 Å². The Morgan fingerprint density at radius 2 is 2.12 bits per heavy atom. The molecule has 2 N–H and O–H groups in total. The maximum absolute atomic E-state index is 13.6. The Bertz CT molecular complexity index is 850. The average molecular weight is 372 g/mol. The molecule has 25 heavy (non-hydrogen) atoms. The number of nitrogens with zero attached hydrogens (tertiary/aromatic N) is 1. The fraction of sp³-hybridized carbons (Fsp3) is 0.333. The van der Waals surface area contributed by atoms with Crippen LogP contribution in [0.1, 0.15) is 0 Å². The monoisotopic (exact) mass is 372 g/mol. The van der Waals surface area contributed by atoms with Gasteiger partial charge in [-0.2, -0.15) is 0 Å². The summed E-state index contributed by atoms with van der Waals surface area (Å²) in [7, 11) is -2.57. The smallest absolute Gasteiger partial charge is 0.337 e. The largest absolute Gasteiger partial charge is 0.466 e. The van der Waals surface area contributed by atoms with Crippen LogP contribution in [0.2, 0.25) is 0 Å². The van der Waals surface area contributed by atoms with E-state index in [1.165, 1.54) is 4.90 Å². The first-order valence-electron chi connectivity index (χ1n) is 7.17. The molecular weight excluding hydrogens is 355 g/mol. The number of carbonyl (C=O) groups excluding carboxylic acids is 2. The normalized spacial score (nSPS) is 14.9. The molecule has 1 aliphatic rings. The van der Waals surface area contributed by atoms with Crippen molar-refractivity contribution < 1.29 is 32.2 Å². The first-order valence-corrected chi connectivity index (χ1v) is 9.06. The van der Waals surface area contributed by atoms with Crippen LogP contribution < -0.4 is 5.32 Å². The molecular formula is C15H17FN2O6S. The van der Waals surface area contributed by atoms with Crippen molar-refractivity contribution in [2.24, 2.45) is 0 Å². The van der Waals surface area contributed by atoms with Gasteiger partial charge in [-0.3, -0.25) is 4.79 Å². The molecule has 1 aromatic rings. The lowest BCUT2D eigenvalue weighted by atomic mass is 10.2. The van der Waals surface area contributed by atoms with E-state index in [1.54, 1.807) is 0 Å². The van der Waals surface area contributed by atoms with Gasteiger partial charge in [-0.25, -0.2) is 17.6 Å². The molecule has 8 nitrogen and oxygen atoms in total. The third-order valence-corrected chi connectivity index (χ3v) is 4.71. The standard InChI is InChI=1S/C15H17FN2O6S/c1-24-15(21)10-8-18(5-6-19)14(20)13(10)17-11-7-9(16)3-4-12(11)25(2,22)23/h3-4,7,17,19H,5-6,8H2,1-2H3. The number of sulfone groups is 1. The van der Waals surface area contributed by atoms with Crippen LogP contribution in [-0.2, 0) is 24.2 Å². The predicted molar refractivity (Wildman–Crippen MR) is 85.8 cm³/mol. The molecule has 2 rings (SSSR count). The van der Waals surface area contributed by atoms with Gasteiger partial charge in [-0.1, -0.05) is 0 Å². The second-order valence-electron chi connectivity index (χ2n) is 5.33. The van der Waals surface area contributed by atoms with Crippen molar-refractivity contribution in [2.45, 2.75) is 4.90 Å². The maximum Gasteiger partial charge on any atom is 0.337 e. The highest BCUT2D eigenvalue weighted by molar-refractivity contribution is 7.90. The number of carbonyl (C=O) groups is 2. The Balaban J connectivity index is 2.51. The zero-order chi connectivity index (χ0) is 18.8. The Morgan fingerprint density at radius 3 is 2.68 bits per heavy atom.